The zero-order chi connectivity index (χ0) is 10.7. The minimum absolute atomic E-state index is 0.288. The van der Waals surface area contributed by atoms with Crippen LogP contribution in [0.15, 0.2) is 24.3 Å². The Morgan fingerprint density at radius 1 is 1.47 bits per heavy atom. The molecule has 0 amide bonds. The summed E-state index contributed by atoms with van der Waals surface area (Å²) in [6, 6.07) is 7.44. The zero-order valence-corrected chi connectivity index (χ0v) is 9.45. The summed E-state index contributed by atoms with van der Waals surface area (Å²) >= 11 is 6.12. The number of likely N-dealkylation sites (tertiary alicyclic amines) is 1. The highest BCUT2D eigenvalue weighted by atomic mass is 35.5. The predicted octanol–water partition coefficient (Wildman–Crippen LogP) is 2.60. The van der Waals surface area contributed by atoms with Crippen molar-refractivity contribution >= 4 is 11.6 Å². The molecule has 0 bridgehead atoms. The van der Waals surface area contributed by atoms with Crippen LogP contribution in [0.2, 0.25) is 0 Å². The number of phenolic OH excluding ortho intramolecular Hbond substituents is 1. The number of rotatable bonds is 2. The van der Waals surface area contributed by atoms with Crippen LogP contribution in [0.3, 0.4) is 0 Å². The largest absolute Gasteiger partial charge is 0.508 e. The van der Waals surface area contributed by atoms with Crippen LogP contribution in [0.5, 0.6) is 5.75 Å². The number of piperidine rings is 1. The van der Waals surface area contributed by atoms with Gasteiger partial charge in [0.05, 0.1) is 0 Å². The maximum Gasteiger partial charge on any atom is 0.115 e. The predicted molar refractivity (Wildman–Crippen MR) is 62.3 cm³/mol. The molecule has 0 saturated carbocycles. The van der Waals surface area contributed by atoms with Crippen LogP contribution >= 0.6 is 11.6 Å². The van der Waals surface area contributed by atoms with Gasteiger partial charge in [-0.2, -0.15) is 0 Å². The first-order valence-electron chi connectivity index (χ1n) is 5.38. The molecule has 1 aliphatic rings. The maximum atomic E-state index is 9.35. The summed E-state index contributed by atoms with van der Waals surface area (Å²) in [6.45, 7) is 2.95. The molecule has 2 rings (SSSR count). The molecule has 0 spiro atoms. The van der Waals surface area contributed by atoms with Crippen molar-refractivity contribution in [1.29, 1.82) is 0 Å². The normalized spacial score (nSPS) is 22.9. The fourth-order valence-corrected chi connectivity index (χ4v) is 2.41. The lowest BCUT2D eigenvalue weighted by atomic mass is 10.1. The summed E-state index contributed by atoms with van der Waals surface area (Å²) in [7, 11) is 0. The second kappa shape index (κ2) is 4.86. The van der Waals surface area contributed by atoms with Gasteiger partial charge >= 0.3 is 0 Å². The van der Waals surface area contributed by atoms with E-state index in [1.165, 1.54) is 6.42 Å². The van der Waals surface area contributed by atoms with Crippen molar-refractivity contribution in [3.63, 3.8) is 0 Å². The Morgan fingerprint density at radius 2 is 2.33 bits per heavy atom. The molecule has 1 fully saturated rings. The lowest BCUT2D eigenvalue weighted by molar-refractivity contribution is 0.224. The molecule has 1 atom stereocenters. The monoisotopic (exact) mass is 225 g/mol. The highest BCUT2D eigenvalue weighted by Gasteiger charge is 2.17. The van der Waals surface area contributed by atoms with E-state index in [0.717, 1.165) is 31.6 Å². The first-order chi connectivity index (χ1) is 7.24. The van der Waals surface area contributed by atoms with Gasteiger partial charge in [-0.1, -0.05) is 12.1 Å². The topological polar surface area (TPSA) is 23.5 Å². The van der Waals surface area contributed by atoms with Gasteiger partial charge in [-0.05, 0) is 37.1 Å². The Hall–Kier alpha value is -0.730. The van der Waals surface area contributed by atoms with Crippen LogP contribution in [0.25, 0.3) is 0 Å². The van der Waals surface area contributed by atoms with E-state index in [4.69, 9.17) is 11.6 Å². The number of nitrogens with zero attached hydrogens (tertiary/aromatic N) is 1. The number of benzene rings is 1. The first kappa shape index (κ1) is 10.8. The van der Waals surface area contributed by atoms with Crippen molar-refractivity contribution in [2.75, 3.05) is 13.1 Å². The molecule has 1 heterocycles. The van der Waals surface area contributed by atoms with E-state index in [1.54, 1.807) is 6.07 Å². The van der Waals surface area contributed by atoms with E-state index in [9.17, 15) is 5.11 Å². The quantitative estimate of drug-likeness (QED) is 0.783. The fourth-order valence-electron chi connectivity index (χ4n) is 2.06. The average Bonchev–Trinajstić information content (AvgIpc) is 2.17. The maximum absolute atomic E-state index is 9.35. The number of hydrogen-bond acceptors (Lipinski definition) is 2. The summed E-state index contributed by atoms with van der Waals surface area (Å²) in [5.74, 6) is 0.340. The molecule has 0 radical (unpaired) electrons. The van der Waals surface area contributed by atoms with E-state index in [0.29, 0.717) is 5.75 Å². The van der Waals surface area contributed by atoms with Gasteiger partial charge in [-0.15, -0.1) is 11.6 Å². The van der Waals surface area contributed by atoms with Crippen molar-refractivity contribution < 1.29 is 5.11 Å². The summed E-state index contributed by atoms with van der Waals surface area (Å²) < 4.78 is 0. The van der Waals surface area contributed by atoms with Crippen molar-refractivity contribution in [3.8, 4) is 5.75 Å². The van der Waals surface area contributed by atoms with Gasteiger partial charge in [-0.25, -0.2) is 0 Å². The summed E-state index contributed by atoms with van der Waals surface area (Å²) in [5, 5.41) is 9.64. The molecule has 1 aliphatic heterocycles. The van der Waals surface area contributed by atoms with Crippen molar-refractivity contribution in [1.82, 2.24) is 4.90 Å². The van der Waals surface area contributed by atoms with Gasteiger partial charge in [0.1, 0.15) is 5.75 Å². The molecule has 3 heteroatoms. The zero-order valence-electron chi connectivity index (χ0n) is 8.69. The fraction of sp³-hybridized carbons (Fsp3) is 0.500. The lowest BCUT2D eigenvalue weighted by Crippen LogP contribution is -2.35. The second-order valence-corrected chi connectivity index (χ2v) is 4.76. The summed E-state index contributed by atoms with van der Waals surface area (Å²) in [5.41, 5.74) is 1.15. The smallest absolute Gasteiger partial charge is 0.115 e. The minimum atomic E-state index is 0.288. The summed E-state index contributed by atoms with van der Waals surface area (Å²) in [6.07, 6.45) is 2.30. The van der Waals surface area contributed by atoms with Gasteiger partial charge in [0.15, 0.2) is 0 Å². The SMILES string of the molecule is Oc1cccc(CN2CCCC(Cl)C2)c1. The second-order valence-electron chi connectivity index (χ2n) is 4.14. The van der Waals surface area contributed by atoms with Gasteiger partial charge < -0.3 is 5.11 Å². The van der Waals surface area contributed by atoms with Crippen LogP contribution in [0.1, 0.15) is 18.4 Å². The third-order valence-electron chi connectivity index (χ3n) is 2.76. The molecule has 2 nitrogen and oxygen atoms in total. The van der Waals surface area contributed by atoms with E-state index in [2.05, 4.69) is 4.90 Å². The Bertz CT molecular complexity index is 329. The molecule has 1 N–H and O–H groups in total. The Balaban J connectivity index is 1.96. The third kappa shape index (κ3) is 3.11. The van der Waals surface area contributed by atoms with Crippen molar-refractivity contribution in [2.45, 2.75) is 24.8 Å². The first-order valence-corrected chi connectivity index (χ1v) is 5.82. The Morgan fingerprint density at radius 3 is 3.07 bits per heavy atom. The highest BCUT2D eigenvalue weighted by Crippen LogP contribution is 2.18. The lowest BCUT2D eigenvalue weighted by Gasteiger charge is -2.29. The molecule has 0 aliphatic carbocycles. The van der Waals surface area contributed by atoms with E-state index in [1.807, 2.05) is 18.2 Å². The van der Waals surface area contributed by atoms with Crippen LogP contribution in [-0.4, -0.2) is 28.5 Å². The third-order valence-corrected chi connectivity index (χ3v) is 3.12. The number of aromatic hydroxyl groups is 1. The molecular weight excluding hydrogens is 210 g/mol. The van der Waals surface area contributed by atoms with E-state index in [-0.39, 0.29) is 5.38 Å². The highest BCUT2D eigenvalue weighted by molar-refractivity contribution is 6.20. The van der Waals surface area contributed by atoms with Crippen LogP contribution < -0.4 is 0 Å². The van der Waals surface area contributed by atoms with Gasteiger partial charge in [-0.3, -0.25) is 4.90 Å². The number of phenols is 1. The summed E-state index contributed by atoms with van der Waals surface area (Å²) in [4.78, 5) is 2.34. The van der Waals surface area contributed by atoms with E-state index >= 15 is 0 Å². The number of hydrogen-bond donors (Lipinski definition) is 1. The average molecular weight is 226 g/mol. The number of halogens is 1. The van der Waals surface area contributed by atoms with Crippen LogP contribution in [0.4, 0.5) is 0 Å². The van der Waals surface area contributed by atoms with Gasteiger partial charge in [0, 0.05) is 18.5 Å². The molecule has 1 aromatic rings. The molecule has 15 heavy (non-hydrogen) atoms. The minimum Gasteiger partial charge on any atom is -0.508 e. The van der Waals surface area contributed by atoms with Gasteiger partial charge in [0.2, 0.25) is 0 Å². The molecule has 1 unspecified atom stereocenters. The van der Waals surface area contributed by atoms with Crippen molar-refractivity contribution in [3.05, 3.63) is 29.8 Å². The van der Waals surface area contributed by atoms with E-state index < -0.39 is 0 Å². The van der Waals surface area contributed by atoms with Crippen molar-refractivity contribution in [2.24, 2.45) is 0 Å². The van der Waals surface area contributed by atoms with Gasteiger partial charge in [0.25, 0.3) is 0 Å². The standard InChI is InChI=1S/C12H16ClNO/c13-11-4-2-6-14(9-11)8-10-3-1-5-12(15)7-10/h1,3,5,7,11,15H,2,4,6,8-9H2. The Kier molecular flexibility index (Phi) is 3.49. The molecular formula is C12H16ClNO. The molecule has 82 valence electrons. The molecule has 1 aromatic carbocycles. The molecule has 0 aromatic heterocycles. The number of alkyl halides is 1. The Labute approximate surface area is 95.5 Å². The molecule has 1 saturated heterocycles. The van der Waals surface area contributed by atoms with Crippen LogP contribution in [0, 0.1) is 0 Å². The van der Waals surface area contributed by atoms with Crippen LogP contribution in [-0.2, 0) is 6.54 Å².